The second kappa shape index (κ2) is 6.36. The van der Waals surface area contributed by atoms with Crippen molar-refractivity contribution >= 4 is 11.9 Å². The van der Waals surface area contributed by atoms with Crippen molar-refractivity contribution in [2.45, 2.75) is 33.1 Å². The zero-order valence-corrected chi connectivity index (χ0v) is 11.9. The van der Waals surface area contributed by atoms with Crippen LogP contribution in [-0.4, -0.2) is 25.0 Å². The topological polar surface area (TPSA) is 55.4 Å². The second-order valence-corrected chi connectivity index (χ2v) is 4.98. The number of amides is 1. The summed E-state index contributed by atoms with van der Waals surface area (Å²) in [7, 11) is 0. The molecule has 0 fully saturated rings. The van der Waals surface area contributed by atoms with Crippen LogP contribution in [0, 0.1) is 6.92 Å². The number of nitrogens with one attached hydrogen (secondary N) is 1. The Hall–Kier alpha value is -1.84. The molecule has 0 radical (unpaired) electrons. The van der Waals surface area contributed by atoms with Gasteiger partial charge in [-0.15, -0.1) is 0 Å². The van der Waals surface area contributed by atoms with E-state index in [1.165, 1.54) is 0 Å². The van der Waals surface area contributed by atoms with Crippen LogP contribution in [0.3, 0.4) is 0 Å². The molecule has 0 aromatic heterocycles. The van der Waals surface area contributed by atoms with E-state index >= 15 is 0 Å². The number of benzene rings is 1. The van der Waals surface area contributed by atoms with Gasteiger partial charge >= 0.3 is 5.97 Å². The minimum Gasteiger partial charge on any atom is -0.465 e. The van der Waals surface area contributed by atoms with Crippen LogP contribution >= 0.6 is 0 Å². The molecule has 0 unspecified atom stereocenters. The quantitative estimate of drug-likeness (QED) is 0.826. The van der Waals surface area contributed by atoms with Gasteiger partial charge in [-0.3, -0.25) is 9.59 Å². The van der Waals surface area contributed by atoms with Gasteiger partial charge in [0.25, 0.3) is 0 Å². The number of rotatable bonds is 5. The monoisotopic (exact) mass is 263 g/mol. The molecule has 0 saturated carbocycles. The van der Waals surface area contributed by atoms with Gasteiger partial charge in [-0.05, 0) is 33.3 Å². The van der Waals surface area contributed by atoms with Crippen molar-refractivity contribution < 1.29 is 14.3 Å². The lowest BCUT2D eigenvalue weighted by Crippen LogP contribution is -2.42. The van der Waals surface area contributed by atoms with Crippen molar-refractivity contribution in [1.82, 2.24) is 5.32 Å². The maximum Gasteiger partial charge on any atom is 0.325 e. The number of esters is 1. The summed E-state index contributed by atoms with van der Waals surface area (Å²) in [6, 6.07) is 7.80. The van der Waals surface area contributed by atoms with Crippen molar-refractivity contribution in [2.75, 3.05) is 13.2 Å². The lowest BCUT2D eigenvalue weighted by molar-refractivity contribution is -0.143. The first kappa shape index (κ1) is 15.2. The molecule has 104 valence electrons. The highest BCUT2D eigenvalue weighted by atomic mass is 16.5. The van der Waals surface area contributed by atoms with Crippen LogP contribution in [0.15, 0.2) is 24.3 Å². The highest BCUT2D eigenvalue weighted by Crippen LogP contribution is 2.23. The Morgan fingerprint density at radius 3 is 2.32 bits per heavy atom. The fourth-order valence-corrected chi connectivity index (χ4v) is 1.69. The van der Waals surface area contributed by atoms with Gasteiger partial charge in [0.05, 0.1) is 12.0 Å². The molecule has 0 aliphatic rings. The Bertz CT molecular complexity index is 449. The molecule has 0 heterocycles. The van der Waals surface area contributed by atoms with E-state index < -0.39 is 11.4 Å². The molecule has 4 nitrogen and oxygen atoms in total. The average molecular weight is 263 g/mol. The lowest BCUT2D eigenvalue weighted by Gasteiger charge is -2.24. The third kappa shape index (κ3) is 4.09. The third-order valence-electron chi connectivity index (χ3n) is 3.04. The molecule has 0 aliphatic heterocycles. The number of hydrogen-bond acceptors (Lipinski definition) is 3. The Morgan fingerprint density at radius 1 is 1.21 bits per heavy atom. The minimum atomic E-state index is -0.680. The molecule has 0 saturated heterocycles. The summed E-state index contributed by atoms with van der Waals surface area (Å²) in [5.74, 6) is -0.611. The van der Waals surface area contributed by atoms with Gasteiger partial charge in [-0.1, -0.05) is 29.8 Å². The zero-order valence-electron chi connectivity index (χ0n) is 11.9. The number of hydrogen-bond donors (Lipinski definition) is 1. The Kier molecular flexibility index (Phi) is 5.10. The van der Waals surface area contributed by atoms with E-state index in [1.807, 2.05) is 45.0 Å². The van der Waals surface area contributed by atoms with E-state index in [0.29, 0.717) is 6.61 Å². The van der Waals surface area contributed by atoms with Crippen molar-refractivity contribution in [2.24, 2.45) is 0 Å². The van der Waals surface area contributed by atoms with E-state index in [-0.39, 0.29) is 12.5 Å². The van der Waals surface area contributed by atoms with Crippen LogP contribution in [0.5, 0.6) is 0 Å². The van der Waals surface area contributed by atoms with Gasteiger partial charge in [-0.25, -0.2) is 0 Å². The molecular weight excluding hydrogens is 242 g/mol. The molecule has 1 amide bonds. The van der Waals surface area contributed by atoms with Gasteiger partial charge in [0, 0.05) is 0 Å². The summed E-state index contributed by atoms with van der Waals surface area (Å²) in [6.07, 6.45) is 0. The standard InChI is InChI=1S/C15H21NO3/c1-5-19-13(17)10-16-14(18)15(3,4)12-8-6-11(2)7-9-12/h6-9H,5,10H2,1-4H3,(H,16,18). The molecule has 0 aliphatic carbocycles. The molecule has 4 heteroatoms. The number of carbonyl (C=O) groups excluding carboxylic acids is 2. The van der Waals surface area contributed by atoms with Gasteiger partial charge in [0.2, 0.25) is 5.91 Å². The molecule has 1 aromatic rings. The zero-order chi connectivity index (χ0) is 14.5. The van der Waals surface area contributed by atoms with Gasteiger partial charge < -0.3 is 10.1 Å². The Labute approximate surface area is 114 Å². The fourth-order valence-electron chi connectivity index (χ4n) is 1.69. The predicted octanol–water partition coefficient (Wildman–Crippen LogP) is 1.95. The van der Waals surface area contributed by atoms with Crippen LogP contribution in [0.2, 0.25) is 0 Å². The molecule has 1 rings (SSSR count). The van der Waals surface area contributed by atoms with Crippen molar-refractivity contribution in [3.8, 4) is 0 Å². The minimum absolute atomic E-state index is 0.0953. The van der Waals surface area contributed by atoms with Gasteiger partial charge in [-0.2, -0.15) is 0 Å². The maximum atomic E-state index is 12.1. The second-order valence-electron chi connectivity index (χ2n) is 4.98. The maximum absolute atomic E-state index is 12.1. The SMILES string of the molecule is CCOC(=O)CNC(=O)C(C)(C)c1ccc(C)cc1. The van der Waals surface area contributed by atoms with Crippen LogP contribution in [0.4, 0.5) is 0 Å². The first-order chi connectivity index (χ1) is 8.87. The molecule has 0 bridgehead atoms. The molecule has 1 aromatic carbocycles. The van der Waals surface area contributed by atoms with E-state index in [1.54, 1.807) is 6.92 Å². The van der Waals surface area contributed by atoms with Gasteiger partial charge in [0.1, 0.15) is 6.54 Å². The highest BCUT2D eigenvalue weighted by molar-refractivity contribution is 5.89. The van der Waals surface area contributed by atoms with Crippen molar-refractivity contribution in [1.29, 1.82) is 0 Å². The molecule has 19 heavy (non-hydrogen) atoms. The largest absolute Gasteiger partial charge is 0.465 e. The lowest BCUT2D eigenvalue weighted by atomic mass is 9.83. The molecule has 0 spiro atoms. The van der Waals surface area contributed by atoms with Crippen LogP contribution < -0.4 is 5.32 Å². The molecule has 1 N–H and O–H groups in total. The summed E-state index contributed by atoms with van der Waals surface area (Å²) < 4.78 is 4.77. The number of carbonyl (C=O) groups is 2. The molecular formula is C15H21NO3. The average Bonchev–Trinajstić information content (AvgIpc) is 2.36. The number of ether oxygens (including phenoxy) is 1. The summed E-state index contributed by atoms with van der Waals surface area (Å²) in [4.78, 5) is 23.4. The summed E-state index contributed by atoms with van der Waals surface area (Å²) in [5.41, 5.74) is 1.38. The highest BCUT2D eigenvalue weighted by Gasteiger charge is 2.29. The first-order valence-electron chi connectivity index (χ1n) is 6.39. The first-order valence-corrected chi connectivity index (χ1v) is 6.39. The van der Waals surface area contributed by atoms with Crippen LogP contribution in [0.25, 0.3) is 0 Å². The fraction of sp³-hybridized carbons (Fsp3) is 0.467. The third-order valence-corrected chi connectivity index (χ3v) is 3.04. The van der Waals surface area contributed by atoms with E-state index in [9.17, 15) is 9.59 Å². The normalized spacial score (nSPS) is 10.9. The predicted molar refractivity (Wildman–Crippen MR) is 73.8 cm³/mol. The van der Waals surface area contributed by atoms with Crippen LogP contribution in [-0.2, 0) is 19.7 Å². The summed E-state index contributed by atoms with van der Waals surface area (Å²) >= 11 is 0. The van der Waals surface area contributed by atoms with Gasteiger partial charge in [0.15, 0.2) is 0 Å². The van der Waals surface area contributed by atoms with E-state index in [2.05, 4.69) is 5.32 Å². The van der Waals surface area contributed by atoms with Crippen LogP contribution in [0.1, 0.15) is 31.9 Å². The van der Waals surface area contributed by atoms with Crippen molar-refractivity contribution in [3.63, 3.8) is 0 Å². The Balaban J connectivity index is 2.68. The molecule has 0 atom stereocenters. The van der Waals surface area contributed by atoms with E-state index in [0.717, 1.165) is 11.1 Å². The number of aryl methyl sites for hydroxylation is 1. The van der Waals surface area contributed by atoms with E-state index in [4.69, 9.17) is 4.74 Å². The van der Waals surface area contributed by atoms with Crippen molar-refractivity contribution in [3.05, 3.63) is 35.4 Å². The summed E-state index contributed by atoms with van der Waals surface area (Å²) in [6.45, 7) is 7.61. The Morgan fingerprint density at radius 2 is 1.79 bits per heavy atom. The summed E-state index contributed by atoms with van der Waals surface area (Å²) in [5, 5.41) is 2.61. The smallest absolute Gasteiger partial charge is 0.325 e.